The van der Waals surface area contributed by atoms with Crippen LogP contribution in [0.25, 0.3) is 0 Å². The van der Waals surface area contributed by atoms with Crippen molar-refractivity contribution >= 4 is 23.8 Å². The van der Waals surface area contributed by atoms with Gasteiger partial charge in [-0.25, -0.2) is 4.79 Å². The van der Waals surface area contributed by atoms with Crippen molar-refractivity contribution in [1.82, 2.24) is 20.9 Å². The fourth-order valence-corrected chi connectivity index (χ4v) is 7.84. The Hall–Kier alpha value is -2.86. The highest BCUT2D eigenvalue weighted by Gasteiger charge is 2.53. The summed E-state index contributed by atoms with van der Waals surface area (Å²) in [5.41, 5.74) is 0. The second kappa shape index (κ2) is 23.4. The number of unbranched alkanes of at least 4 members (excludes halogenated alkanes) is 7. The molecule has 0 bridgehead atoms. The molecule has 20 nitrogen and oxygen atoms in total. The predicted molar refractivity (Wildman–Crippen MR) is 205 cm³/mol. The predicted octanol–water partition coefficient (Wildman–Crippen LogP) is -1.87. The molecular formula is C39H66N4O16. The van der Waals surface area contributed by atoms with E-state index in [1.54, 1.807) is 6.08 Å². The molecule has 0 aliphatic carbocycles. The van der Waals surface area contributed by atoms with Gasteiger partial charge in [0, 0.05) is 19.9 Å². The summed E-state index contributed by atoms with van der Waals surface area (Å²) in [6.45, 7) is 4.74. The second-order valence-electron chi connectivity index (χ2n) is 16.4. The Morgan fingerprint density at radius 1 is 0.814 bits per heavy atom. The number of carbonyl (C=O) groups excluding carboxylic acids is 4. The number of carbonyl (C=O) groups is 4. The number of aliphatic hydroxyl groups is 8. The number of imide groups is 1. The molecule has 4 aliphatic rings. The van der Waals surface area contributed by atoms with Crippen molar-refractivity contribution in [3.63, 3.8) is 0 Å². The van der Waals surface area contributed by atoms with Gasteiger partial charge in [-0.05, 0) is 37.7 Å². The summed E-state index contributed by atoms with van der Waals surface area (Å²) in [5.74, 6) is -1.10. The average Bonchev–Trinajstić information content (AvgIpc) is 3.48. The maximum Gasteiger partial charge on any atom is 0.326 e. The van der Waals surface area contributed by atoms with Crippen LogP contribution in [0.15, 0.2) is 12.2 Å². The van der Waals surface area contributed by atoms with Crippen LogP contribution in [0, 0.1) is 5.92 Å². The molecule has 59 heavy (non-hydrogen) atoms. The third kappa shape index (κ3) is 13.6. The maximum atomic E-state index is 13.1. The van der Waals surface area contributed by atoms with Gasteiger partial charge in [-0.2, -0.15) is 0 Å². The first-order valence-electron chi connectivity index (χ1n) is 20.9. The van der Waals surface area contributed by atoms with Gasteiger partial charge in [0.15, 0.2) is 18.8 Å². The monoisotopic (exact) mass is 846 g/mol. The van der Waals surface area contributed by atoms with Crippen LogP contribution in [0.3, 0.4) is 0 Å². The molecule has 20 heteroatoms. The molecule has 4 rings (SSSR count). The highest BCUT2D eigenvalue weighted by Crippen LogP contribution is 2.33. The van der Waals surface area contributed by atoms with Crippen LogP contribution >= 0.6 is 0 Å². The first-order chi connectivity index (χ1) is 28.0. The summed E-state index contributed by atoms with van der Waals surface area (Å²) >= 11 is 0. The molecule has 4 fully saturated rings. The lowest BCUT2D eigenvalue weighted by atomic mass is 9.91. The van der Waals surface area contributed by atoms with E-state index in [0.717, 1.165) is 37.5 Å². The highest BCUT2D eigenvalue weighted by molar-refractivity contribution is 5.96. The van der Waals surface area contributed by atoms with Crippen molar-refractivity contribution < 1.29 is 79.0 Å². The van der Waals surface area contributed by atoms with Crippen molar-refractivity contribution in [3.8, 4) is 0 Å². The van der Waals surface area contributed by atoms with Gasteiger partial charge in [0.2, 0.25) is 17.7 Å². The number of nitrogens with one attached hydrogen (secondary N) is 3. The smallest absolute Gasteiger partial charge is 0.326 e. The SMILES string of the molecule is CC(=O)N[C@H]1[C@@H](O[C@@H]2O[C@H](CC[C@@H](O)[C@H]3O[C@@H](N4CCC(=O)NC4=O)[C@H](O)[C@@H]3O)[C@H](O)[C@H](O)[C@H]2NC(=O)/C=C/CCCCCCCCCC(C)C)O[C@H](CO)[C@@H](O)[C@@H]1O. The molecule has 338 valence electrons. The number of rotatable bonds is 21. The fraction of sp³-hybridized carbons (Fsp3) is 0.846. The molecule has 4 aliphatic heterocycles. The van der Waals surface area contributed by atoms with E-state index in [9.17, 15) is 60.0 Å². The summed E-state index contributed by atoms with van der Waals surface area (Å²) in [6.07, 6.45) is -8.39. The van der Waals surface area contributed by atoms with Crippen molar-refractivity contribution in [2.45, 2.75) is 190 Å². The molecular weight excluding hydrogens is 780 g/mol. The lowest BCUT2D eigenvalue weighted by Gasteiger charge is -2.47. The molecule has 0 aromatic carbocycles. The van der Waals surface area contributed by atoms with Gasteiger partial charge in [-0.15, -0.1) is 0 Å². The summed E-state index contributed by atoms with van der Waals surface area (Å²) in [5, 5.41) is 93.3. The minimum absolute atomic E-state index is 0.0710. The van der Waals surface area contributed by atoms with E-state index in [0.29, 0.717) is 12.3 Å². The van der Waals surface area contributed by atoms with Gasteiger partial charge in [0.25, 0.3) is 0 Å². The van der Waals surface area contributed by atoms with Gasteiger partial charge in [-0.3, -0.25) is 24.6 Å². The van der Waals surface area contributed by atoms with Crippen LogP contribution < -0.4 is 16.0 Å². The van der Waals surface area contributed by atoms with Gasteiger partial charge in [-0.1, -0.05) is 64.9 Å². The van der Waals surface area contributed by atoms with Crippen molar-refractivity contribution in [1.29, 1.82) is 0 Å². The van der Waals surface area contributed by atoms with Crippen molar-refractivity contribution in [2.75, 3.05) is 13.2 Å². The number of hydrogen-bond donors (Lipinski definition) is 11. The number of nitrogens with zero attached hydrogens (tertiary/aromatic N) is 1. The van der Waals surface area contributed by atoms with Gasteiger partial charge in [0.05, 0.1) is 18.8 Å². The summed E-state index contributed by atoms with van der Waals surface area (Å²) in [7, 11) is 0. The number of urea groups is 1. The van der Waals surface area contributed by atoms with Crippen LogP contribution in [0.1, 0.15) is 97.8 Å². The number of allylic oxidation sites excluding steroid dienone is 1. The third-order valence-electron chi connectivity index (χ3n) is 11.2. The van der Waals surface area contributed by atoms with Crippen molar-refractivity contribution in [3.05, 3.63) is 12.2 Å². The minimum Gasteiger partial charge on any atom is -0.394 e. The lowest BCUT2D eigenvalue weighted by Crippen LogP contribution is -2.68. The molecule has 0 unspecified atom stereocenters. The molecule has 0 aromatic rings. The first kappa shape index (κ1) is 48.8. The van der Waals surface area contributed by atoms with E-state index in [2.05, 4.69) is 29.8 Å². The standard InChI is InChI=1S/C39H66N4O16/c1-20(2)13-11-9-7-5-4-6-8-10-12-14-25(47)41-28-32(52)29(49)23(56-38(28)59-37-27(40-21(3)45)31(51)30(50)24(19-44)57-37)16-15-22(46)35-33(53)34(54)36(58-35)43-18-17-26(48)42-39(43)55/h12,14,20,22-24,27-38,44,46,49-54H,4-11,13,15-19H2,1-3H3,(H,40,45)(H,41,47)(H,42,48,55)/b14-12+/t22-,23-,24-,27-,28-,29+,30-,31-,32-,33+,34-,35-,36-,37-,38+/m1/s1. The Balaban J connectivity index is 1.41. The van der Waals surface area contributed by atoms with Crippen LogP contribution in [-0.2, 0) is 33.3 Å². The zero-order valence-corrected chi connectivity index (χ0v) is 34.1. The largest absolute Gasteiger partial charge is 0.394 e. The van der Waals surface area contributed by atoms with E-state index < -0.39 is 122 Å². The number of amides is 5. The van der Waals surface area contributed by atoms with Crippen LogP contribution in [0.4, 0.5) is 4.79 Å². The lowest BCUT2D eigenvalue weighted by molar-refractivity contribution is -0.345. The van der Waals surface area contributed by atoms with Crippen LogP contribution in [0.5, 0.6) is 0 Å². The molecule has 0 aromatic heterocycles. The van der Waals surface area contributed by atoms with E-state index >= 15 is 0 Å². The minimum atomic E-state index is -1.76. The van der Waals surface area contributed by atoms with Gasteiger partial charge >= 0.3 is 6.03 Å². The fourth-order valence-electron chi connectivity index (χ4n) is 7.84. The van der Waals surface area contributed by atoms with E-state index in [4.69, 9.17) is 18.9 Å². The Kier molecular flexibility index (Phi) is 19.3. The summed E-state index contributed by atoms with van der Waals surface area (Å²) in [4.78, 5) is 50.2. The molecule has 4 heterocycles. The second-order valence-corrected chi connectivity index (χ2v) is 16.4. The molecule has 0 spiro atoms. The van der Waals surface area contributed by atoms with Crippen LogP contribution in [-0.4, -0.2) is 175 Å². The summed E-state index contributed by atoms with van der Waals surface area (Å²) < 4.78 is 23.5. The highest BCUT2D eigenvalue weighted by atomic mass is 16.8. The zero-order valence-electron chi connectivity index (χ0n) is 34.1. The van der Waals surface area contributed by atoms with E-state index in [1.807, 2.05) is 0 Å². The van der Waals surface area contributed by atoms with Gasteiger partial charge in [0.1, 0.15) is 60.9 Å². The summed E-state index contributed by atoms with van der Waals surface area (Å²) in [6, 6.07) is -3.74. The molecule has 0 saturated carbocycles. The number of aliphatic hydroxyl groups excluding tert-OH is 8. The maximum absolute atomic E-state index is 13.1. The first-order valence-corrected chi connectivity index (χ1v) is 20.9. The Morgan fingerprint density at radius 2 is 1.41 bits per heavy atom. The van der Waals surface area contributed by atoms with E-state index in [1.165, 1.54) is 31.8 Å². The topological polar surface area (TPSA) is 306 Å². The Morgan fingerprint density at radius 3 is 2.02 bits per heavy atom. The molecule has 4 saturated heterocycles. The molecule has 11 N–H and O–H groups in total. The number of ether oxygens (including phenoxy) is 4. The normalized spacial score (nSPS) is 35.9. The molecule has 15 atom stereocenters. The third-order valence-corrected chi connectivity index (χ3v) is 11.2. The molecule has 5 amide bonds. The van der Waals surface area contributed by atoms with Crippen LogP contribution in [0.2, 0.25) is 0 Å². The van der Waals surface area contributed by atoms with E-state index in [-0.39, 0.29) is 25.8 Å². The van der Waals surface area contributed by atoms with Crippen molar-refractivity contribution in [2.24, 2.45) is 5.92 Å². The zero-order chi connectivity index (χ0) is 43.4. The number of hydrogen-bond acceptors (Lipinski definition) is 16. The average molecular weight is 847 g/mol. The molecule has 0 radical (unpaired) electrons. The Bertz CT molecular complexity index is 1390. The van der Waals surface area contributed by atoms with Gasteiger partial charge < -0.3 is 70.4 Å². The Labute approximate surface area is 344 Å². The quantitative estimate of drug-likeness (QED) is 0.0446.